The summed E-state index contributed by atoms with van der Waals surface area (Å²) in [6.07, 6.45) is 5.71. The standard InChI is InChI=1S/C18H29N/c1-14(2)18(17-11-5-4-6-12-17)13-19-15(3)16-9-7-8-10-16/h4-6,11-12,14-16,18-19H,7-10,13H2,1-3H3/t15-,18?/m1/s1. The van der Waals surface area contributed by atoms with Gasteiger partial charge < -0.3 is 5.32 Å². The lowest BCUT2D eigenvalue weighted by Crippen LogP contribution is -2.36. The molecule has 1 aromatic rings. The molecule has 0 radical (unpaired) electrons. The van der Waals surface area contributed by atoms with Gasteiger partial charge in [-0.25, -0.2) is 0 Å². The van der Waals surface area contributed by atoms with E-state index in [1.165, 1.54) is 31.2 Å². The Kier molecular flexibility index (Phi) is 5.45. The molecule has 1 N–H and O–H groups in total. The Morgan fingerprint density at radius 1 is 1.05 bits per heavy atom. The van der Waals surface area contributed by atoms with Crippen LogP contribution < -0.4 is 5.32 Å². The predicted molar refractivity (Wildman–Crippen MR) is 83.4 cm³/mol. The van der Waals surface area contributed by atoms with Crippen molar-refractivity contribution in [3.05, 3.63) is 35.9 Å². The third-order valence-electron chi connectivity index (χ3n) is 4.80. The highest BCUT2D eigenvalue weighted by atomic mass is 14.9. The zero-order chi connectivity index (χ0) is 13.7. The van der Waals surface area contributed by atoms with Gasteiger partial charge in [-0.3, -0.25) is 0 Å². The van der Waals surface area contributed by atoms with Crippen molar-refractivity contribution in [2.75, 3.05) is 6.54 Å². The van der Waals surface area contributed by atoms with Gasteiger partial charge in [-0.05, 0) is 43.1 Å². The van der Waals surface area contributed by atoms with E-state index in [4.69, 9.17) is 0 Å². The molecule has 0 aromatic heterocycles. The maximum Gasteiger partial charge on any atom is 0.00672 e. The van der Waals surface area contributed by atoms with Gasteiger partial charge in [0.2, 0.25) is 0 Å². The van der Waals surface area contributed by atoms with Crippen LogP contribution in [0, 0.1) is 11.8 Å². The van der Waals surface area contributed by atoms with Crippen LogP contribution in [-0.2, 0) is 0 Å². The van der Waals surface area contributed by atoms with Crippen LogP contribution >= 0.6 is 0 Å². The summed E-state index contributed by atoms with van der Waals surface area (Å²) < 4.78 is 0. The van der Waals surface area contributed by atoms with Gasteiger partial charge in [0.25, 0.3) is 0 Å². The predicted octanol–water partition coefficient (Wildman–Crippen LogP) is 4.59. The molecular formula is C18H29N. The first-order chi connectivity index (χ1) is 9.18. The normalized spacial score (nSPS) is 19.8. The molecule has 1 nitrogen and oxygen atoms in total. The first-order valence-electron chi connectivity index (χ1n) is 7.97. The molecule has 1 aliphatic carbocycles. The average molecular weight is 259 g/mol. The molecule has 0 aliphatic heterocycles. The SMILES string of the molecule is CC(C)C(CN[C@H](C)C1CCCC1)c1ccccc1. The van der Waals surface area contributed by atoms with Gasteiger partial charge in [-0.1, -0.05) is 57.0 Å². The molecule has 1 unspecified atom stereocenters. The Morgan fingerprint density at radius 2 is 1.68 bits per heavy atom. The van der Waals surface area contributed by atoms with Crippen LogP contribution in [0.3, 0.4) is 0 Å². The molecule has 0 saturated heterocycles. The quantitative estimate of drug-likeness (QED) is 0.787. The van der Waals surface area contributed by atoms with Crippen molar-refractivity contribution in [1.82, 2.24) is 5.32 Å². The van der Waals surface area contributed by atoms with Gasteiger partial charge in [0, 0.05) is 12.6 Å². The lowest BCUT2D eigenvalue weighted by molar-refractivity contribution is 0.352. The Hall–Kier alpha value is -0.820. The highest BCUT2D eigenvalue weighted by molar-refractivity contribution is 5.20. The van der Waals surface area contributed by atoms with E-state index in [9.17, 15) is 0 Å². The number of nitrogens with one attached hydrogen (secondary N) is 1. The van der Waals surface area contributed by atoms with E-state index in [2.05, 4.69) is 56.4 Å². The first kappa shape index (κ1) is 14.6. The highest BCUT2D eigenvalue weighted by Gasteiger charge is 2.23. The topological polar surface area (TPSA) is 12.0 Å². The molecule has 19 heavy (non-hydrogen) atoms. The summed E-state index contributed by atoms with van der Waals surface area (Å²) >= 11 is 0. The van der Waals surface area contributed by atoms with Crippen molar-refractivity contribution >= 4 is 0 Å². The highest BCUT2D eigenvalue weighted by Crippen LogP contribution is 2.29. The largest absolute Gasteiger partial charge is 0.313 e. The van der Waals surface area contributed by atoms with Crippen molar-refractivity contribution in [3.63, 3.8) is 0 Å². The molecule has 0 heterocycles. The second kappa shape index (κ2) is 7.09. The van der Waals surface area contributed by atoms with Gasteiger partial charge in [0.1, 0.15) is 0 Å². The van der Waals surface area contributed by atoms with Crippen LogP contribution in [0.2, 0.25) is 0 Å². The summed E-state index contributed by atoms with van der Waals surface area (Å²) in [5, 5.41) is 3.80. The van der Waals surface area contributed by atoms with Crippen molar-refractivity contribution < 1.29 is 0 Å². The number of benzene rings is 1. The van der Waals surface area contributed by atoms with Crippen LogP contribution in [0.25, 0.3) is 0 Å². The maximum atomic E-state index is 3.80. The minimum absolute atomic E-state index is 0.630. The van der Waals surface area contributed by atoms with E-state index in [1.54, 1.807) is 0 Å². The minimum Gasteiger partial charge on any atom is -0.313 e. The van der Waals surface area contributed by atoms with Crippen LogP contribution in [0.5, 0.6) is 0 Å². The van der Waals surface area contributed by atoms with Crippen LogP contribution in [0.15, 0.2) is 30.3 Å². The van der Waals surface area contributed by atoms with Crippen LogP contribution in [-0.4, -0.2) is 12.6 Å². The monoisotopic (exact) mass is 259 g/mol. The van der Waals surface area contributed by atoms with Gasteiger partial charge in [0.05, 0.1) is 0 Å². The zero-order valence-electron chi connectivity index (χ0n) is 12.7. The zero-order valence-corrected chi connectivity index (χ0v) is 12.7. The molecule has 1 heteroatoms. The van der Waals surface area contributed by atoms with Crippen LogP contribution in [0.4, 0.5) is 0 Å². The smallest absolute Gasteiger partial charge is 0.00672 e. The van der Waals surface area contributed by atoms with Crippen LogP contribution in [0.1, 0.15) is 57.9 Å². The second-order valence-corrected chi connectivity index (χ2v) is 6.50. The third-order valence-corrected chi connectivity index (χ3v) is 4.80. The average Bonchev–Trinajstić information content (AvgIpc) is 2.93. The fourth-order valence-corrected chi connectivity index (χ4v) is 3.38. The van der Waals surface area contributed by atoms with E-state index in [0.717, 1.165) is 12.5 Å². The molecule has 1 aromatic carbocycles. The summed E-state index contributed by atoms with van der Waals surface area (Å²) in [6.45, 7) is 8.15. The fourth-order valence-electron chi connectivity index (χ4n) is 3.38. The molecule has 2 atom stereocenters. The molecule has 1 saturated carbocycles. The lowest BCUT2D eigenvalue weighted by Gasteiger charge is -2.27. The fraction of sp³-hybridized carbons (Fsp3) is 0.667. The summed E-state index contributed by atoms with van der Waals surface area (Å²) in [5.74, 6) is 2.22. The molecule has 2 rings (SSSR count). The van der Waals surface area contributed by atoms with E-state index in [0.29, 0.717) is 17.9 Å². The van der Waals surface area contributed by atoms with E-state index < -0.39 is 0 Å². The summed E-state index contributed by atoms with van der Waals surface area (Å²) in [6, 6.07) is 11.6. The maximum absolute atomic E-state index is 3.80. The van der Waals surface area contributed by atoms with Crippen molar-refractivity contribution in [2.24, 2.45) is 11.8 Å². The summed E-state index contributed by atoms with van der Waals surface area (Å²) in [4.78, 5) is 0. The summed E-state index contributed by atoms with van der Waals surface area (Å²) in [7, 11) is 0. The summed E-state index contributed by atoms with van der Waals surface area (Å²) in [5.41, 5.74) is 1.48. The van der Waals surface area contributed by atoms with Gasteiger partial charge in [-0.15, -0.1) is 0 Å². The van der Waals surface area contributed by atoms with E-state index in [1.807, 2.05) is 0 Å². The Labute approximate surface area is 118 Å². The molecule has 106 valence electrons. The molecular weight excluding hydrogens is 230 g/mol. The number of rotatable bonds is 6. The number of hydrogen-bond donors (Lipinski definition) is 1. The van der Waals surface area contributed by atoms with Crippen molar-refractivity contribution in [2.45, 2.75) is 58.4 Å². The molecule has 0 spiro atoms. The molecule has 0 bridgehead atoms. The Bertz CT molecular complexity index is 351. The third kappa shape index (κ3) is 4.07. The van der Waals surface area contributed by atoms with E-state index in [-0.39, 0.29) is 0 Å². The molecule has 1 fully saturated rings. The molecule has 1 aliphatic rings. The first-order valence-corrected chi connectivity index (χ1v) is 7.97. The Balaban J connectivity index is 1.90. The van der Waals surface area contributed by atoms with Crippen molar-refractivity contribution in [3.8, 4) is 0 Å². The minimum atomic E-state index is 0.630. The van der Waals surface area contributed by atoms with Gasteiger partial charge >= 0.3 is 0 Å². The Morgan fingerprint density at radius 3 is 2.26 bits per heavy atom. The van der Waals surface area contributed by atoms with Crippen molar-refractivity contribution in [1.29, 1.82) is 0 Å². The lowest BCUT2D eigenvalue weighted by atomic mass is 9.87. The van der Waals surface area contributed by atoms with Gasteiger partial charge in [-0.2, -0.15) is 0 Å². The van der Waals surface area contributed by atoms with E-state index >= 15 is 0 Å². The van der Waals surface area contributed by atoms with Gasteiger partial charge in [0.15, 0.2) is 0 Å². The second-order valence-electron chi connectivity index (χ2n) is 6.50. The number of hydrogen-bond acceptors (Lipinski definition) is 1. The molecule has 0 amide bonds.